The third kappa shape index (κ3) is 5.56. The molecule has 3 N–H and O–H groups in total. The summed E-state index contributed by atoms with van der Waals surface area (Å²) in [6.45, 7) is 3.99. The molecular formula is C16H23ClF3N3O. The first-order chi connectivity index (χ1) is 10.9. The molecule has 0 aliphatic carbocycles. The van der Waals surface area contributed by atoms with Crippen molar-refractivity contribution in [3.63, 3.8) is 0 Å². The molecule has 1 amide bonds. The van der Waals surface area contributed by atoms with Crippen LogP contribution in [0.2, 0.25) is 0 Å². The normalized spacial score (nSPS) is 17.2. The number of benzene rings is 1. The van der Waals surface area contributed by atoms with E-state index in [0.29, 0.717) is 25.2 Å². The summed E-state index contributed by atoms with van der Waals surface area (Å²) in [4.78, 5) is 12.2. The van der Waals surface area contributed by atoms with Gasteiger partial charge in [0.1, 0.15) is 0 Å². The fourth-order valence-corrected chi connectivity index (χ4v) is 2.49. The van der Waals surface area contributed by atoms with Gasteiger partial charge in [0.2, 0.25) is 5.91 Å². The van der Waals surface area contributed by atoms with Crippen molar-refractivity contribution in [2.45, 2.75) is 32.4 Å². The average Bonchev–Trinajstić information content (AvgIpc) is 3.02. The van der Waals surface area contributed by atoms with Crippen molar-refractivity contribution in [2.75, 3.05) is 30.3 Å². The number of amides is 1. The van der Waals surface area contributed by atoms with Crippen LogP contribution in [0, 0.1) is 5.92 Å². The van der Waals surface area contributed by atoms with E-state index in [1.807, 2.05) is 6.92 Å². The van der Waals surface area contributed by atoms with E-state index in [1.165, 1.54) is 6.07 Å². The monoisotopic (exact) mass is 365 g/mol. The van der Waals surface area contributed by atoms with Crippen LogP contribution >= 0.6 is 12.4 Å². The number of hydrogen-bond acceptors (Lipinski definition) is 3. The summed E-state index contributed by atoms with van der Waals surface area (Å²) in [5.74, 6) is -0.444. The van der Waals surface area contributed by atoms with Gasteiger partial charge in [0, 0.05) is 13.1 Å². The topological polar surface area (TPSA) is 53.2 Å². The smallest absolute Gasteiger partial charge is 0.383 e. The Hall–Kier alpha value is -1.47. The van der Waals surface area contributed by atoms with E-state index in [4.69, 9.17) is 0 Å². The molecule has 2 rings (SSSR count). The Morgan fingerprint density at radius 1 is 1.33 bits per heavy atom. The molecule has 1 heterocycles. The van der Waals surface area contributed by atoms with Crippen molar-refractivity contribution in [3.05, 3.63) is 23.8 Å². The van der Waals surface area contributed by atoms with Crippen LogP contribution in [0.5, 0.6) is 0 Å². The van der Waals surface area contributed by atoms with Gasteiger partial charge < -0.3 is 16.0 Å². The van der Waals surface area contributed by atoms with E-state index >= 15 is 0 Å². The molecule has 1 aromatic rings. The maximum absolute atomic E-state index is 12.9. The van der Waals surface area contributed by atoms with E-state index in [1.54, 1.807) is 0 Å². The summed E-state index contributed by atoms with van der Waals surface area (Å²) >= 11 is 0. The molecule has 0 saturated carbocycles. The second-order valence-electron chi connectivity index (χ2n) is 5.72. The lowest BCUT2D eigenvalue weighted by atomic mass is 10.1. The van der Waals surface area contributed by atoms with Gasteiger partial charge in [0.05, 0.1) is 22.9 Å². The molecule has 1 aliphatic heterocycles. The zero-order chi connectivity index (χ0) is 16.9. The maximum Gasteiger partial charge on any atom is 0.416 e. The number of unbranched alkanes of at least 4 members (excludes halogenated alkanes) is 1. The molecule has 0 bridgehead atoms. The van der Waals surface area contributed by atoms with Crippen molar-refractivity contribution in [2.24, 2.45) is 5.92 Å². The molecule has 1 aromatic carbocycles. The van der Waals surface area contributed by atoms with Crippen LogP contribution in [0.25, 0.3) is 0 Å². The Balaban J connectivity index is 0.00000288. The first-order valence-electron chi connectivity index (χ1n) is 7.88. The molecule has 1 unspecified atom stereocenters. The Kier molecular flexibility index (Phi) is 7.83. The number of anilines is 2. The van der Waals surface area contributed by atoms with Crippen LogP contribution in [0.3, 0.4) is 0 Å². The SMILES string of the molecule is CCCCNc1ccc(C(F)(F)F)cc1NC(=O)C1CCNC1.Cl. The highest BCUT2D eigenvalue weighted by molar-refractivity contribution is 5.96. The number of carbonyl (C=O) groups excluding carboxylic acids is 1. The highest BCUT2D eigenvalue weighted by atomic mass is 35.5. The maximum atomic E-state index is 12.9. The minimum atomic E-state index is -4.43. The van der Waals surface area contributed by atoms with Gasteiger partial charge >= 0.3 is 6.18 Å². The molecule has 8 heteroatoms. The van der Waals surface area contributed by atoms with E-state index < -0.39 is 11.7 Å². The van der Waals surface area contributed by atoms with E-state index in [0.717, 1.165) is 31.5 Å². The van der Waals surface area contributed by atoms with Crippen LogP contribution in [-0.2, 0) is 11.0 Å². The molecule has 1 atom stereocenters. The number of alkyl halides is 3. The molecule has 24 heavy (non-hydrogen) atoms. The number of carbonyl (C=O) groups is 1. The second-order valence-corrected chi connectivity index (χ2v) is 5.72. The highest BCUT2D eigenvalue weighted by Crippen LogP contribution is 2.34. The summed E-state index contributed by atoms with van der Waals surface area (Å²) in [6.07, 6.45) is -1.86. The number of hydrogen-bond donors (Lipinski definition) is 3. The Bertz CT molecular complexity index is 546. The minimum absolute atomic E-state index is 0. The quantitative estimate of drug-likeness (QED) is 0.670. The fourth-order valence-electron chi connectivity index (χ4n) is 2.49. The van der Waals surface area contributed by atoms with Crippen molar-refractivity contribution in [3.8, 4) is 0 Å². The van der Waals surface area contributed by atoms with Gasteiger partial charge in [-0.15, -0.1) is 12.4 Å². The molecule has 0 aromatic heterocycles. The Labute approximate surface area is 146 Å². The van der Waals surface area contributed by atoms with Crippen LogP contribution in [0.4, 0.5) is 24.5 Å². The molecule has 1 saturated heterocycles. The summed E-state index contributed by atoms with van der Waals surface area (Å²) in [6, 6.07) is 3.40. The van der Waals surface area contributed by atoms with Crippen LogP contribution < -0.4 is 16.0 Å². The van der Waals surface area contributed by atoms with Gasteiger partial charge in [-0.1, -0.05) is 13.3 Å². The van der Waals surface area contributed by atoms with Crippen LogP contribution in [-0.4, -0.2) is 25.5 Å². The van der Waals surface area contributed by atoms with Crippen molar-refractivity contribution < 1.29 is 18.0 Å². The van der Waals surface area contributed by atoms with Gasteiger partial charge in [-0.25, -0.2) is 0 Å². The predicted octanol–water partition coefficient (Wildman–Crippen LogP) is 3.89. The van der Waals surface area contributed by atoms with Gasteiger partial charge in [0.25, 0.3) is 0 Å². The van der Waals surface area contributed by atoms with Gasteiger partial charge in [0.15, 0.2) is 0 Å². The molecule has 1 aliphatic rings. The van der Waals surface area contributed by atoms with Gasteiger partial charge in [-0.05, 0) is 37.6 Å². The average molecular weight is 366 g/mol. The molecule has 0 radical (unpaired) electrons. The molecule has 0 spiro atoms. The first-order valence-corrected chi connectivity index (χ1v) is 7.88. The zero-order valence-electron chi connectivity index (χ0n) is 13.5. The lowest BCUT2D eigenvalue weighted by Crippen LogP contribution is -2.25. The summed E-state index contributed by atoms with van der Waals surface area (Å²) in [5, 5.41) is 8.82. The highest BCUT2D eigenvalue weighted by Gasteiger charge is 2.31. The molecule has 4 nitrogen and oxygen atoms in total. The van der Waals surface area contributed by atoms with Gasteiger partial charge in [-0.3, -0.25) is 4.79 Å². The van der Waals surface area contributed by atoms with Crippen LogP contribution in [0.1, 0.15) is 31.7 Å². The predicted molar refractivity (Wildman–Crippen MR) is 91.7 cm³/mol. The zero-order valence-corrected chi connectivity index (χ0v) is 14.3. The Morgan fingerprint density at radius 2 is 2.08 bits per heavy atom. The number of halogens is 4. The fraction of sp³-hybridized carbons (Fsp3) is 0.562. The number of rotatable bonds is 6. The van der Waals surface area contributed by atoms with Crippen LogP contribution in [0.15, 0.2) is 18.2 Å². The summed E-state index contributed by atoms with van der Waals surface area (Å²) < 4.78 is 38.7. The van der Waals surface area contributed by atoms with Crippen molar-refractivity contribution in [1.82, 2.24) is 5.32 Å². The van der Waals surface area contributed by atoms with E-state index in [-0.39, 0.29) is 29.9 Å². The summed E-state index contributed by atoms with van der Waals surface area (Å²) in [5.41, 5.74) is -0.0584. The second kappa shape index (κ2) is 9.13. The van der Waals surface area contributed by atoms with E-state index in [9.17, 15) is 18.0 Å². The largest absolute Gasteiger partial charge is 0.416 e. The molecule has 136 valence electrons. The standard InChI is InChI=1S/C16H22F3N3O.ClH/c1-2-3-7-21-13-5-4-12(16(17,18)19)9-14(13)22-15(23)11-6-8-20-10-11;/h4-5,9,11,20-21H,2-3,6-8,10H2,1H3,(H,22,23);1H. The van der Waals surface area contributed by atoms with E-state index in [2.05, 4.69) is 16.0 Å². The third-order valence-corrected chi connectivity index (χ3v) is 3.88. The third-order valence-electron chi connectivity index (χ3n) is 3.88. The Morgan fingerprint density at radius 3 is 2.67 bits per heavy atom. The lowest BCUT2D eigenvalue weighted by Gasteiger charge is -2.17. The minimum Gasteiger partial charge on any atom is -0.383 e. The van der Waals surface area contributed by atoms with Crippen molar-refractivity contribution >= 4 is 29.7 Å². The molecule has 1 fully saturated rings. The molecular weight excluding hydrogens is 343 g/mol. The number of nitrogens with one attached hydrogen (secondary N) is 3. The van der Waals surface area contributed by atoms with Gasteiger partial charge in [-0.2, -0.15) is 13.2 Å². The summed E-state index contributed by atoms with van der Waals surface area (Å²) in [7, 11) is 0. The lowest BCUT2D eigenvalue weighted by molar-refractivity contribution is -0.137. The van der Waals surface area contributed by atoms with Crippen molar-refractivity contribution in [1.29, 1.82) is 0 Å². The first kappa shape index (κ1) is 20.6.